The number of nitrogens with one attached hydrogen (secondary N) is 1. The van der Waals surface area contributed by atoms with Crippen LogP contribution in [-0.4, -0.2) is 13.7 Å². The molecule has 0 saturated carbocycles. The molecule has 0 fully saturated rings. The third kappa shape index (κ3) is 3.33. The molecule has 2 aromatic carbocycles. The highest BCUT2D eigenvalue weighted by atomic mass is 19.3. The van der Waals surface area contributed by atoms with Crippen LogP contribution in [0.3, 0.4) is 0 Å². The lowest BCUT2D eigenvalue weighted by Crippen LogP contribution is -2.21. The second-order valence-corrected chi connectivity index (χ2v) is 4.28. The van der Waals surface area contributed by atoms with Crippen LogP contribution < -0.4 is 10.1 Å². The number of halogens is 4. The van der Waals surface area contributed by atoms with Crippen LogP contribution in [0.4, 0.5) is 17.6 Å². The van der Waals surface area contributed by atoms with E-state index in [2.05, 4.69) is 10.1 Å². The lowest BCUT2D eigenvalue weighted by molar-refractivity contribution is -0.0506. The Morgan fingerprint density at radius 3 is 2.29 bits per heavy atom. The van der Waals surface area contributed by atoms with E-state index < -0.39 is 24.3 Å². The van der Waals surface area contributed by atoms with Crippen molar-refractivity contribution in [3.8, 4) is 5.75 Å². The van der Waals surface area contributed by atoms with E-state index in [4.69, 9.17) is 0 Å². The van der Waals surface area contributed by atoms with Crippen LogP contribution in [-0.2, 0) is 0 Å². The van der Waals surface area contributed by atoms with Gasteiger partial charge in [0.2, 0.25) is 0 Å². The van der Waals surface area contributed by atoms with Crippen molar-refractivity contribution in [2.75, 3.05) is 7.05 Å². The minimum atomic E-state index is -3.00. The fourth-order valence-electron chi connectivity index (χ4n) is 2.14. The molecule has 1 N–H and O–H groups in total. The van der Waals surface area contributed by atoms with Gasteiger partial charge in [-0.05, 0) is 19.2 Å². The molecule has 0 aromatic heterocycles. The summed E-state index contributed by atoms with van der Waals surface area (Å²) < 4.78 is 56.6. The largest absolute Gasteiger partial charge is 0.434 e. The van der Waals surface area contributed by atoms with Crippen molar-refractivity contribution in [1.82, 2.24) is 5.32 Å². The van der Waals surface area contributed by atoms with Gasteiger partial charge in [0.05, 0.1) is 6.04 Å². The predicted molar refractivity (Wildman–Crippen MR) is 70.3 cm³/mol. The first-order valence-corrected chi connectivity index (χ1v) is 6.19. The van der Waals surface area contributed by atoms with E-state index in [1.807, 2.05) is 0 Å². The highest BCUT2D eigenvalue weighted by molar-refractivity contribution is 5.42. The Bertz CT molecular complexity index is 618. The van der Waals surface area contributed by atoms with Crippen LogP contribution in [0, 0.1) is 11.6 Å². The third-order valence-electron chi connectivity index (χ3n) is 3.03. The Labute approximate surface area is 119 Å². The quantitative estimate of drug-likeness (QED) is 0.846. The Kier molecular flexibility index (Phi) is 4.80. The average molecular weight is 299 g/mol. The fourth-order valence-corrected chi connectivity index (χ4v) is 2.14. The van der Waals surface area contributed by atoms with Crippen LogP contribution in [0.15, 0.2) is 42.5 Å². The summed E-state index contributed by atoms with van der Waals surface area (Å²) >= 11 is 0. The van der Waals surface area contributed by atoms with E-state index >= 15 is 0 Å². The van der Waals surface area contributed by atoms with E-state index in [1.54, 1.807) is 6.07 Å². The molecule has 0 aliphatic rings. The summed E-state index contributed by atoms with van der Waals surface area (Å²) in [6.45, 7) is -3.00. The standard InChI is InChI=1S/C15H13F4NO/c1-20-14(10-6-4-7-11(16)13(10)17)9-5-2-3-8-12(9)21-15(18)19/h2-8,14-15,20H,1H3. The molecule has 2 aromatic rings. The van der Waals surface area contributed by atoms with E-state index in [0.29, 0.717) is 5.56 Å². The molecular weight excluding hydrogens is 286 g/mol. The zero-order valence-electron chi connectivity index (χ0n) is 11.1. The van der Waals surface area contributed by atoms with Crippen molar-refractivity contribution >= 4 is 0 Å². The second kappa shape index (κ2) is 6.58. The SMILES string of the molecule is CNC(c1ccccc1OC(F)F)c1cccc(F)c1F. The fraction of sp³-hybridized carbons (Fsp3) is 0.200. The summed E-state index contributed by atoms with van der Waals surface area (Å²) in [4.78, 5) is 0. The van der Waals surface area contributed by atoms with Crippen LogP contribution >= 0.6 is 0 Å². The molecule has 0 aliphatic carbocycles. The maximum atomic E-state index is 13.9. The smallest absolute Gasteiger partial charge is 0.387 e. The molecule has 1 atom stereocenters. The van der Waals surface area contributed by atoms with Crippen LogP contribution in [0.1, 0.15) is 17.2 Å². The predicted octanol–water partition coefficient (Wildman–Crippen LogP) is 3.88. The number of benzene rings is 2. The summed E-state index contributed by atoms with van der Waals surface area (Å²) in [7, 11) is 1.52. The topological polar surface area (TPSA) is 21.3 Å². The van der Waals surface area contributed by atoms with Crippen LogP contribution in [0.5, 0.6) is 5.75 Å². The van der Waals surface area contributed by atoms with Crippen molar-refractivity contribution in [2.24, 2.45) is 0 Å². The first-order chi connectivity index (χ1) is 10.0. The summed E-state index contributed by atoms with van der Waals surface area (Å²) in [6, 6.07) is 8.92. The number of alkyl halides is 2. The Morgan fingerprint density at radius 2 is 1.62 bits per heavy atom. The van der Waals surface area contributed by atoms with Gasteiger partial charge >= 0.3 is 6.61 Å². The lowest BCUT2D eigenvalue weighted by atomic mass is 9.97. The maximum Gasteiger partial charge on any atom is 0.387 e. The van der Waals surface area contributed by atoms with Gasteiger partial charge in [0.1, 0.15) is 5.75 Å². The molecular formula is C15H13F4NO. The normalized spacial score (nSPS) is 12.5. The van der Waals surface area contributed by atoms with Gasteiger partial charge in [0.25, 0.3) is 0 Å². The molecule has 21 heavy (non-hydrogen) atoms. The molecule has 112 valence electrons. The summed E-state index contributed by atoms with van der Waals surface area (Å²) in [5.74, 6) is -2.11. The average Bonchev–Trinajstić information content (AvgIpc) is 2.45. The van der Waals surface area contributed by atoms with E-state index in [9.17, 15) is 17.6 Å². The van der Waals surface area contributed by atoms with Gasteiger partial charge in [-0.3, -0.25) is 0 Å². The van der Waals surface area contributed by atoms with Gasteiger partial charge in [-0.1, -0.05) is 30.3 Å². The van der Waals surface area contributed by atoms with Crippen molar-refractivity contribution < 1.29 is 22.3 Å². The third-order valence-corrected chi connectivity index (χ3v) is 3.03. The molecule has 0 amide bonds. The summed E-state index contributed by atoms with van der Waals surface area (Å²) in [5.41, 5.74) is 0.313. The van der Waals surface area contributed by atoms with Crippen molar-refractivity contribution in [1.29, 1.82) is 0 Å². The monoisotopic (exact) mass is 299 g/mol. The van der Waals surface area contributed by atoms with Gasteiger partial charge in [0.15, 0.2) is 11.6 Å². The first kappa shape index (κ1) is 15.3. The molecule has 0 radical (unpaired) electrons. The van der Waals surface area contributed by atoms with Gasteiger partial charge in [-0.2, -0.15) is 8.78 Å². The Balaban J connectivity index is 2.49. The molecule has 0 heterocycles. The number of ether oxygens (including phenoxy) is 1. The maximum absolute atomic E-state index is 13.9. The molecule has 0 aliphatic heterocycles. The van der Waals surface area contributed by atoms with Crippen molar-refractivity contribution in [3.63, 3.8) is 0 Å². The van der Waals surface area contributed by atoms with E-state index in [1.165, 1.54) is 37.4 Å². The van der Waals surface area contributed by atoms with Gasteiger partial charge in [-0.25, -0.2) is 8.78 Å². The van der Waals surface area contributed by atoms with Gasteiger partial charge in [0, 0.05) is 11.1 Å². The molecule has 0 spiro atoms. The molecule has 1 unspecified atom stereocenters. The molecule has 0 bridgehead atoms. The van der Waals surface area contributed by atoms with Crippen molar-refractivity contribution in [3.05, 3.63) is 65.2 Å². The zero-order valence-corrected chi connectivity index (χ0v) is 11.1. The minimum Gasteiger partial charge on any atom is -0.434 e. The molecule has 0 saturated heterocycles. The van der Waals surface area contributed by atoms with E-state index in [-0.39, 0.29) is 11.3 Å². The number of hydrogen-bond donors (Lipinski definition) is 1. The summed E-state index contributed by atoms with van der Waals surface area (Å²) in [6.07, 6.45) is 0. The van der Waals surface area contributed by atoms with Gasteiger partial charge in [-0.15, -0.1) is 0 Å². The molecule has 2 nitrogen and oxygen atoms in total. The Hall–Kier alpha value is -2.08. The van der Waals surface area contributed by atoms with Crippen LogP contribution in [0.2, 0.25) is 0 Å². The van der Waals surface area contributed by atoms with Crippen molar-refractivity contribution in [2.45, 2.75) is 12.7 Å². The number of hydrogen-bond acceptors (Lipinski definition) is 2. The zero-order chi connectivity index (χ0) is 15.4. The minimum absolute atomic E-state index is 0.0165. The van der Waals surface area contributed by atoms with Gasteiger partial charge < -0.3 is 10.1 Å². The highest BCUT2D eigenvalue weighted by Gasteiger charge is 2.22. The number of rotatable bonds is 5. The Morgan fingerprint density at radius 1 is 0.952 bits per heavy atom. The second-order valence-electron chi connectivity index (χ2n) is 4.28. The van der Waals surface area contributed by atoms with Crippen LogP contribution in [0.25, 0.3) is 0 Å². The highest BCUT2D eigenvalue weighted by Crippen LogP contribution is 2.32. The first-order valence-electron chi connectivity index (χ1n) is 6.19. The molecule has 6 heteroatoms. The summed E-state index contributed by atoms with van der Waals surface area (Å²) in [5, 5.41) is 2.78. The lowest BCUT2D eigenvalue weighted by Gasteiger charge is -2.21. The number of para-hydroxylation sites is 1. The van der Waals surface area contributed by atoms with E-state index in [0.717, 1.165) is 6.07 Å². The molecule has 2 rings (SSSR count).